The highest BCUT2D eigenvalue weighted by Gasteiger charge is 2.22. The Morgan fingerprint density at radius 3 is 2.14 bits per heavy atom. The summed E-state index contributed by atoms with van der Waals surface area (Å²) in [6.07, 6.45) is 5.09. The summed E-state index contributed by atoms with van der Waals surface area (Å²) in [7, 11) is 0. The van der Waals surface area contributed by atoms with Gasteiger partial charge in [0.25, 0.3) is 0 Å². The fourth-order valence-electron chi connectivity index (χ4n) is 3.96. The fraction of sp³-hybridized carbons (Fsp3) is 0.423. The zero-order chi connectivity index (χ0) is 21.1. The molecule has 3 aromatic rings. The van der Waals surface area contributed by atoms with E-state index in [2.05, 4.69) is 58.0 Å². The maximum atomic E-state index is 12.1. The summed E-state index contributed by atoms with van der Waals surface area (Å²) in [6.45, 7) is 13.7. The zero-order valence-corrected chi connectivity index (χ0v) is 18.6. The molecule has 154 valence electrons. The molecule has 0 amide bonds. The van der Waals surface area contributed by atoms with Crippen molar-refractivity contribution < 1.29 is 9.53 Å². The maximum Gasteiger partial charge on any atom is 0.167 e. The molecule has 0 fully saturated rings. The Morgan fingerprint density at radius 1 is 1.00 bits per heavy atom. The molecule has 2 heterocycles. The number of carbonyl (C=O) groups is 1. The van der Waals surface area contributed by atoms with Crippen LogP contribution in [-0.2, 0) is 0 Å². The first kappa shape index (κ1) is 21.2. The second-order valence-electron chi connectivity index (χ2n) is 8.10. The van der Waals surface area contributed by atoms with Crippen molar-refractivity contribution in [2.75, 3.05) is 6.61 Å². The number of ether oxygens (including phenoxy) is 1. The molecule has 0 aliphatic rings. The van der Waals surface area contributed by atoms with Crippen LogP contribution in [0.1, 0.15) is 86.5 Å². The van der Waals surface area contributed by atoms with E-state index >= 15 is 0 Å². The molecule has 2 atom stereocenters. The van der Waals surface area contributed by atoms with Crippen LogP contribution in [0.2, 0.25) is 0 Å². The quantitative estimate of drug-likeness (QED) is 0.382. The molecule has 3 heteroatoms. The van der Waals surface area contributed by atoms with E-state index in [1.807, 2.05) is 24.4 Å². The first-order chi connectivity index (χ1) is 13.9. The molecule has 0 aliphatic heterocycles. The van der Waals surface area contributed by atoms with Gasteiger partial charge >= 0.3 is 0 Å². The minimum absolute atomic E-state index is 0.387. The summed E-state index contributed by atoms with van der Waals surface area (Å²) in [6, 6.07) is 10.8. The lowest BCUT2D eigenvalue weighted by molar-refractivity contribution is 0.111. The van der Waals surface area contributed by atoms with Crippen LogP contribution in [0.4, 0.5) is 0 Å². The SMILES string of the molecule is CCOc1c(C(C)CC)cc(-c2cc3ccc(C)cn3c2C=O)cc1C(C)CC. The Kier molecular flexibility index (Phi) is 6.46. The summed E-state index contributed by atoms with van der Waals surface area (Å²) in [4.78, 5) is 12.1. The van der Waals surface area contributed by atoms with Gasteiger partial charge in [0.2, 0.25) is 0 Å². The molecule has 0 N–H and O–H groups in total. The highest BCUT2D eigenvalue weighted by atomic mass is 16.5. The first-order valence-electron chi connectivity index (χ1n) is 10.8. The van der Waals surface area contributed by atoms with Crippen molar-refractivity contribution in [1.29, 1.82) is 0 Å². The molecule has 0 saturated carbocycles. The predicted octanol–water partition coefficient (Wildman–Crippen LogP) is 7.15. The zero-order valence-electron chi connectivity index (χ0n) is 18.6. The van der Waals surface area contributed by atoms with Crippen molar-refractivity contribution in [2.45, 2.75) is 66.2 Å². The van der Waals surface area contributed by atoms with E-state index in [9.17, 15) is 4.79 Å². The van der Waals surface area contributed by atoms with Crippen molar-refractivity contribution >= 4 is 11.8 Å². The highest BCUT2D eigenvalue weighted by Crippen LogP contribution is 2.41. The number of rotatable bonds is 8. The van der Waals surface area contributed by atoms with Crippen LogP contribution < -0.4 is 4.74 Å². The maximum absolute atomic E-state index is 12.1. The topological polar surface area (TPSA) is 30.7 Å². The lowest BCUT2D eigenvalue weighted by Crippen LogP contribution is -2.06. The highest BCUT2D eigenvalue weighted by molar-refractivity contribution is 5.90. The lowest BCUT2D eigenvalue weighted by Gasteiger charge is -2.23. The molecule has 0 saturated heterocycles. The molecular formula is C26H33NO2. The minimum Gasteiger partial charge on any atom is -0.493 e. The average Bonchev–Trinajstić information content (AvgIpc) is 3.10. The van der Waals surface area contributed by atoms with Gasteiger partial charge in [-0.05, 0) is 85.0 Å². The van der Waals surface area contributed by atoms with Crippen LogP contribution in [0.25, 0.3) is 16.6 Å². The van der Waals surface area contributed by atoms with Crippen LogP contribution in [-0.4, -0.2) is 17.3 Å². The molecule has 29 heavy (non-hydrogen) atoms. The van der Waals surface area contributed by atoms with Crippen LogP contribution in [0.15, 0.2) is 36.5 Å². The number of fused-ring (bicyclic) bond motifs is 1. The van der Waals surface area contributed by atoms with Gasteiger partial charge in [0, 0.05) is 17.3 Å². The van der Waals surface area contributed by atoms with Crippen LogP contribution in [0.3, 0.4) is 0 Å². The van der Waals surface area contributed by atoms with Crippen LogP contribution >= 0.6 is 0 Å². The fourth-order valence-corrected chi connectivity index (χ4v) is 3.96. The smallest absolute Gasteiger partial charge is 0.167 e. The first-order valence-corrected chi connectivity index (χ1v) is 10.8. The third kappa shape index (κ3) is 3.96. The Bertz CT molecular complexity index is 984. The van der Waals surface area contributed by atoms with Gasteiger partial charge in [0.05, 0.1) is 12.3 Å². The molecule has 2 aromatic heterocycles. The average molecular weight is 392 g/mol. The number of hydrogen-bond acceptors (Lipinski definition) is 2. The number of benzene rings is 1. The summed E-state index contributed by atoms with van der Waals surface area (Å²) in [5.74, 6) is 1.81. The van der Waals surface area contributed by atoms with Gasteiger partial charge < -0.3 is 9.14 Å². The number of carbonyl (C=O) groups excluding carboxylic acids is 1. The van der Waals surface area contributed by atoms with Gasteiger partial charge in [-0.1, -0.05) is 33.8 Å². The number of nitrogens with zero attached hydrogens (tertiary/aromatic N) is 1. The molecule has 3 rings (SSSR count). The van der Waals surface area contributed by atoms with Crippen molar-refractivity contribution in [2.24, 2.45) is 0 Å². The number of pyridine rings is 1. The van der Waals surface area contributed by atoms with E-state index in [0.717, 1.165) is 47.1 Å². The van der Waals surface area contributed by atoms with E-state index in [0.29, 0.717) is 24.1 Å². The molecule has 1 aromatic carbocycles. The summed E-state index contributed by atoms with van der Waals surface area (Å²) in [5, 5.41) is 0. The van der Waals surface area contributed by atoms with Crippen molar-refractivity contribution in [3.8, 4) is 16.9 Å². The van der Waals surface area contributed by atoms with E-state index in [1.54, 1.807) is 0 Å². The molecular weight excluding hydrogens is 358 g/mol. The van der Waals surface area contributed by atoms with E-state index in [-0.39, 0.29) is 0 Å². The van der Waals surface area contributed by atoms with Crippen LogP contribution in [0.5, 0.6) is 5.75 Å². The molecule has 0 spiro atoms. The molecule has 2 unspecified atom stereocenters. The Hall–Kier alpha value is -2.55. The van der Waals surface area contributed by atoms with Gasteiger partial charge in [-0.2, -0.15) is 0 Å². The van der Waals surface area contributed by atoms with Crippen molar-refractivity contribution in [1.82, 2.24) is 4.40 Å². The summed E-state index contributed by atoms with van der Waals surface area (Å²) < 4.78 is 8.16. The van der Waals surface area contributed by atoms with Crippen molar-refractivity contribution in [3.05, 3.63) is 58.9 Å². The van der Waals surface area contributed by atoms with Gasteiger partial charge in [-0.3, -0.25) is 4.79 Å². The largest absolute Gasteiger partial charge is 0.493 e. The molecule has 0 radical (unpaired) electrons. The summed E-state index contributed by atoms with van der Waals surface area (Å²) >= 11 is 0. The molecule has 3 nitrogen and oxygen atoms in total. The standard InChI is InChI=1S/C26H33NO2/c1-7-18(5)22-12-20(13-23(19(6)8-2)26(22)29-9-3)24-14-21-11-10-17(4)15-27(21)25(24)16-28/h10-16,18-19H,7-9H2,1-6H3. The van der Waals surface area contributed by atoms with E-state index < -0.39 is 0 Å². The Balaban J connectivity index is 2.32. The van der Waals surface area contributed by atoms with Gasteiger partial charge in [-0.25, -0.2) is 0 Å². The number of hydrogen-bond donors (Lipinski definition) is 0. The van der Waals surface area contributed by atoms with Crippen molar-refractivity contribution in [3.63, 3.8) is 0 Å². The lowest BCUT2D eigenvalue weighted by atomic mass is 9.86. The number of aldehydes is 1. The van der Waals surface area contributed by atoms with E-state index in [1.165, 1.54) is 11.1 Å². The molecule has 0 bridgehead atoms. The Morgan fingerprint density at radius 2 is 1.62 bits per heavy atom. The van der Waals surface area contributed by atoms with Gasteiger partial charge in [0.1, 0.15) is 5.75 Å². The molecule has 0 aliphatic carbocycles. The number of aryl methyl sites for hydroxylation is 1. The summed E-state index contributed by atoms with van der Waals surface area (Å²) in [5.41, 5.74) is 7.45. The number of aromatic nitrogens is 1. The minimum atomic E-state index is 0.387. The normalized spacial score (nSPS) is 13.4. The third-order valence-corrected chi connectivity index (χ3v) is 6.10. The van der Waals surface area contributed by atoms with Gasteiger partial charge in [-0.15, -0.1) is 0 Å². The second-order valence-corrected chi connectivity index (χ2v) is 8.10. The third-order valence-electron chi connectivity index (χ3n) is 6.10. The van der Waals surface area contributed by atoms with Crippen LogP contribution in [0, 0.1) is 6.92 Å². The van der Waals surface area contributed by atoms with Gasteiger partial charge in [0.15, 0.2) is 6.29 Å². The second kappa shape index (κ2) is 8.86. The Labute approximate surface area is 174 Å². The van der Waals surface area contributed by atoms with E-state index in [4.69, 9.17) is 4.74 Å². The monoisotopic (exact) mass is 391 g/mol. The predicted molar refractivity (Wildman–Crippen MR) is 122 cm³/mol.